The van der Waals surface area contributed by atoms with Crippen molar-refractivity contribution in [2.75, 3.05) is 0 Å². The fraction of sp³-hybridized carbons (Fsp3) is 0. The van der Waals surface area contributed by atoms with Crippen LogP contribution in [0, 0.1) is 0 Å². The van der Waals surface area contributed by atoms with Crippen molar-refractivity contribution in [3.63, 3.8) is 0 Å². The van der Waals surface area contributed by atoms with E-state index in [0.717, 1.165) is 5.56 Å². The zero-order valence-corrected chi connectivity index (χ0v) is 8.12. The first kappa shape index (κ1) is 9.40. The van der Waals surface area contributed by atoms with Gasteiger partial charge >= 0.3 is 5.84 Å². The number of hydrogen-bond donors (Lipinski definition) is 1. The largest absolute Gasteiger partial charge is 0.381 e. The summed E-state index contributed by atoms with van der Waals surface area (Å²) in [6, 6.07) is 15.2. The molecule has 0 unspecified atom stereocenters. The Labute approximate surface area is 87.9 Å². The lowest BCUT2D eigenvalue weighted by molar-refractivity contribution is -0.555. The zero-order valence-electron chi connectivity index (χ0n) is 8.12. The molecule has 0 aliphatic carbocycles. The van der Waals surface area contributed by atoms with Gasteiger partial charge in [0.2, 0.25) is 0 Å². The molecule has 0 atom stereocenters. The molecule has 0 aliphatic rings. The van der Waals surface area contributed by atoms with Crippen molar-refractivity contribution in [3.8, 4) is 0 Å². The fourth-order valence-electron chi connectivity index (χ4n) is 1.39. The summed E-state index contributed by atoms with van der Waals surface area (Å²) < 4.78 is 1.76. The lowest BCUT2D eigenvalue weighted by Crippen LogP contribution is -2.42. The second-order valence-electron chi connectivity index (χ2n) is 3.07. The van der Waals surface area contributed by atoms with Gasteiger partial charge in [-0.05, 0) is 24.3 Å². The number of oxime groups is 1. The molecule has 0 spiro atoms. The van der Waals surface area contributed by atoms with E-state index in [1.54, 1.807) is 4.57 Å². The van der Waals surface area contributed by atoms with Crippen LogP contribution in [0.15, 0.2) is 66.1 Å². The molecule has 0 bridgehead atoms. The molecule has 0 saturated carbocycles. The molecule has 74 valence electrons. The Morgan fingerprint density at radius 3 is 2.13 bits per heavy atom. The molecule has 15 heavy (non-hydrogen) atoms. The van der Waals surface area contributed by atoms with Crippen LogP contribution in [0.1, 0.15) is 5.56 Å². The Balaban J connectivity index is 2.44. The monoisotopic (exact) mass is 199 g/mol. The summed E-state index contributed by atoms with van der Waals surface area (Å²) in [6.45, 7) is 0. The third kappa shape index (κ3) is 2.02. The van der Waals surface area contributed by atoms with Crippen LogP contribution in [0.2, 0.25) is 0 Å². The molecular formula is C12H11N2O+. The highest BCUT2D eigenvalue weighted by Crippen LogP contribution is 1.98. The van der Waals surface area contributed by atoms with Gasteiger partial charge in [0.25, 0.3) is 0 Å². The molecule has 3 heteroatoms. The van der Waals surface area contributed by atoms with Crippen LogP contribution < -0.4 is 4.57 Å². The Morgan fingerprint density at radius 2 is 1.53 bits per heavy atom. The minimum absolute atomic E-state index is 0.510. The van der Waals surface area contributed by atoms with Crippen molar-refractivity contribution in [2.45, 2.75) is 0 Å². The minimum Gasteiger partial charge on any atom is -0.313 e. The maximum absolute atomic E-state index is 9.00. The van der Waals surface area contributed by atoms with Crippen LogP contribution in [0.4, 0.5) is 0 Å². The molecule has 1 N–H and O–H groups in total. The molecule has 1 aromatic heterocycles. The maximum Gasteiger partial charge on any atom is 0.381 e. The molecule has 3 nitrogen and oxygen atoms in total. The standard InChI is InChI=1S/C12H10N2O/c15-13-12(11-7-3-1-4-8-11)14-9-5-2-6-10-14/h1-10H/p+1/b13-12+. The van der Waals surface area contributed by atoms with Gasteiger partial charge in [-0.15, -0.1) is 0 Å². The average Bonchev–Trinajstić information content (AvgIpc) is 2.33. The normalized spacial score (nSPS) is 11.3. The highest BCUT2D eigenvalue weighted by atomic mass is 16.4. The second-order valence-corrected chi connectivity index (χ2v) is 3.07. The zero-order chi connectivity index (χ0) is 10.5. The number of pyridine rings is 1. The van der Waals surface area contributed by atoms with Crippen LogP contribution in [0.5, 0.6) is 0 Å². The second kappa shape index (κ2) is 4.37. The molecule has 2 rings (SSSR count). The fourth-order valence-corrected chi connectivity index (χ4v) is 1.39. The highest BCUT2D eigenvalue weighted by molar-refractivity contribution is 5.91. The molecule has 1 aromatic carbocycles. The molecule has 0 amide bonds. The number of benzene rings is 1. The Bertz CT molecular complexity index is 410. The molecule has 0 radical (unpaired) electrons. The summed E-state index contributed by atoms with van der Waals surface area (Å²) in [5, 5.41) is 12.3. The summed E-state index contributed by atoms with van der Waals surface area (Å²) in [5.41, 5.74) is 0.871. The van der Waals surface area contributed by atoms with Crippen molar-refractivity contribution in [3.05, 3.63) is 66.5 Å². The van der Waals surface area contributed by atoms with E-state index in [9.17, 15) is 0 Å². The van der Waals surface area contributed by atoms with E-state index in [4.69, 9.17) is 5.21 Å². The van der Waals surface area contributed by atoms with Crippen LogP contribution in [-0.4, -0.2) is 11.0 Å². The van der Waals surface area contributed by atoms with Gasteiger partial charge in [0.05, 0.1) is 18.0 Å². The quantitative estimate of drug-likeness (QED) is 0.245. The predicted molar refractivity (Wildman–Crippen MR) is 56.8 cm³/mol. The van der Waals surface area contributed by atoms with Crippen molar-refractivity contribution in [1.29, 1.82) is 0 Å². The van der Waals surface area contributed by atoms with Crippen molar-refractivity contribution < 1.29 is 9.77 Å². The number of aromatic nitrogens is 1. The van der Waals surface area contributed by atoms with Crippen LogP contribution in [-0.2, 0) is 0 Å². The third-order valence-corrected chi connectivity index (χ3v) is 2.09. The van der Waals surface area contributed by atoms with E-state index in [1.807, 2.05) is 60.9 Å². The summed E-state index contributed by atoms with van der Waals surface area (Å²) in [6.07, 6.45) is 3.67. The summed E-state index contributed by atoms with van der Waals surface area (Å²) >= 11 is 0. The predicted octanol–water partition coefficient (Wildman–Crippen LogP) is 1.66. The van der Waals surface area contributed by atoms with Gasteiger partial charge < -0.3 is 5.21 Å². The van der Waals surface area contributed by atoms with Crippen LogP contribution in [0.25, 0.3) is 0 Å². The smallest absolute Gasteiger partial charge is 0.313 e. The first-order valence-corrected chi connectivity index (χ1v) is 4.66. The van der Waals surface area contributed by atoms with E-state index in [2.05, 4.69) is 5.16 Å². The molecule has 2 aromatic rings. The molecule has 0 aliphatic heterocycles. The molecule has 0 saturated heterocycles. The summed E-state index contributed by atoms with van der Waals surface area (Å²) in [4.78, 5) is 0. The van der Waals surface area contributed by atoms with Crippen molar-refractivity contribution >= 4 is 5.84 Å². The van der Waals surface area contributed by atoms with Gasteiger partial charge in [0.1, 0.15) is 0 Å². The van der Waals surface area contributed by atoms with E-state index >= 15 is 0 Å². The SMILES string of the molecule is O/N=C(\c1ccccc1)[n+]1ccccc1. The average molecular weight is 199 g/mol. The van der Waals surface area contributed by atoms with Gasteiger partial charge in [-0.25, -0.2) is 0 Å². The van der Waals surface area contributed by atoms with Crippen LogP contribution in [0.3, 0.4) is 0 Å². The minimum atomic E-state index is 0.510. The van der Waals surface area contributed by atoms with E-state index in [0.29, 0.717) is 5.84 Å². The Kier molecular flexibility index (Phi) is 2.74. The maximum atomic E-state index is 9.00. The number of hydrogen-bond acceptors (Lipinski definition) is 2. The first-order chi connectivity index (χ1) is 7.42. The van der Waals surface area contributed by atoms with Gasteiger partial charge in [-0.1, -0.05) is 24.3 Å². The third-order valence-electron chi connectivity index (χ3n) is 2.09. The van der Waals surface area contributed by atoms with Crippen LogP contribution >= 0.6 is 0 Å². The first-order valence-electron chi connectivity index (χ1n) is 4.66. The highest BCUT2D eigenvalue weighted by Gasteiger charge is 2.14. The molecular weight excluding hydrogens is 188 g/mol. The van der Waals surface area contributed by atoms with E-state index in [1.165, 1.54) is 0 Å². The van der Waals surface area contributed by atoms with Gasteiger partial charge in [0.15, 0.2) is 5.16 Å². The lowest BCUT2D eigenvalue weighted by atomic mass is 10.2. The Hall–Kier alpha value is -2.16. The van der Waals surface area contributed by atoms with Gasteiger partial charge in [-0.3, -0.25) is 0 Å². The number of rotatable bonds is 1. The molecule has 0 fully saturated rings. The summed E-state index contributed by atoms with van der Waals surface area (Å²) in [5.74, 6) is 0.510. The lowest BCUT2D eigenvalue weighted by Gasteiger charge is -1.97. The van der Waals surface area contributed by atoms with Crippen molar-refractivity contribution in [1.82, 2.24) is 0 Å². The van der Waals surface area contributed by atoms with E-state index < -0.39 is 0 Å². The topological polar surface area (TPSA) is 36.5 Å². The van der Waals surface area contributed by atoms with Gasteiger partial charge in [-0.2, -0.15) is 4.57 Å². The summed E-state index contributed by atoms with van der Waals surface area (Å²) in [7, 11) is 0. The molecule has 1 heterocycles. The Morgan fingerprint density at radius 1 is 0.933 bits per heavy atom. The van der Waals surface area contributed by atoms with Gasteiger partial charge in [0, 0.05) is 0 Å². The van der Waals surface area contributed by atoms with E-state index in [-0.39, 0.29) is 0 Å². The number of nitrogens with zero attached hydrogens (tertiary/aromatic N) is 2. The van der Waals surface area contributed by atoms with Crippen molar-refractivity contribution in [2.24, 2.45) is 5.16 Å².